The molecule has 0 fully saturated rings. The van der Waals surface area contributed by atoms with Crippen LogP contribution in [0.15, 0.2) is 48.7 Å². The van der Waals surface area contributed by atoms with Gasteiger partial charge in [0.05, 0.1) is 13.8 Å². The minimum Gasteiger partial charge on any atom is -0.507 e. The summed E-state index contributed by atoms with van der Waals surface area (Å²) >= 11 is 0. The van der Waals surface area contributed by atoms with Crippen molar-refractivity contribution in [1.82, 2.24) is 4.98 Å². The van der Waals surface area contributed by atoms with Crippen LogP contribution >= 0.6 is 0 Å². The number of nitrogens with zero attached hydrogens (tertiary/aromatic N) is 1. The van der Waals surface area contributed by atoms with E-state index in [2.05, 4.69) is 51.0 Å². The highest BCUT2D eigenvalue weighted by molar-refractivity contribution is 6.97. The molecule has 0 radical (unpaired) electrons. The van der Waals surface area contributed by atoms with Crippen molar-refractivity contribution >= 4 is 19.3 Å². The fourth-order valence-corrected chi connectivity index (χ4v) is 4.38. The van der Waals surface area contributed by atoms with Crippen molar-refractivity contribution in [2.45, 2.75) is 38.9 Å². The average Bonchev–Trinajstić information content (AvgIpc) is 2.46. The molecule has 0 aliphatic carbocycles. The summed E-state index contributed by atoms with van der Waals surface area (Å²) in [4.78, 5) is 4.57. The van der Waals surface area contributed by atoms with Gasteiger partial charge >= 0.3 is 0 Å². The van der Waals surface area contributed by atoms with Crippen LogP contribution in [0.1, 0.15) is 32.0 Å². The van der Waals surface area contributed by atoms with Crippen LogP contribution < -0.4 is 0 Å². The van der Waals surface area contributed by atoms with E-state index in [0.717, 1.165) is 11.3 Å². The number of hydrogen-bond acceptors (Lipinski definition) is 2. The van der Waals surface area contributed by atoms with Gasteiger partial charge in [0.25, 0.3) is 0 Å². The fraction of sp³-hybridized carbons (Fsp3) is 0.316. The SMILES string of the molecule is CC(C)(C)[Si](C)(C)/C(=C/c1ccccc1O)c1ccccn1. The summed E-state index contributed by atoms with van der Waals surface area (Å²) in [5, 5.41) is 11.6. The number of phenolic OH excluding ortho intramolecular Hbond substituents is 1. The molecule has 1 aromatic carbocycles. The lowest BCUT2D eigenvalue weighted by Crippen LogP contribution is -2.39. The number of aromatic nitrogens is 1. The lowest BCUT2D eigenvalue weighted by atomic mass is 10.1. The topological polar surface area (TPSA) is 33.1 Å². The summed E-state index contributed by atoms with van der Waals surface area (Å²) in [5.74, 6) is 0.314. The normalized spacial score (nSPS) is 13.2. The number of para-hydroxylation sites is 1. The average molecular weight is 312 g/mol. The van der Waals surface area contributed by atoms with Gasteiger partial charge in [-0.1, -0.05) is 58.1 Å². The molecule has 0 aliphatic heterocycles. The second-order valence-corrected chi connectivity index (χ2v) is 12.5. The second kappa shape index (κ2) is 6.09. The predicted molar refractivity (Wildman–Crippen MR) is 97.4 cm³/mol. The Hall–Kier alpha value is -1.87. The van der Waals surface area contributed by atoms with Gasteiger partial charge in [0, 0.05) is 11.8 Å². The van der Waals surface area contributed by atoms with Crippen LogP contribution in [0.4, 0.5) is 0 Å². The molecule has 0 aliphatic rings. The van der Waals surface area contributed by atoms with E-state index >= 15 is 0 Å². The highest BCUT2D eigenvalue weighted by atomic mass is 28.3. The highest BCUT2D eigenvalue weighted by Gasteiger charge is 2.39. The number of hydrogen-bond donors (Lipinski definition) is 1. The van der Waals surface area contributed by atoms with Gasteiger partial charge in [0.1, 0.15) is 5.75 Å². The van der Waals surface area contributed by atoms with Crippen molar-refractivity contribution in [3.8, 4) is 5.75 Å². The standard InChI is InChI=1S/C19H25NOSi/c1-19(2,3)22(4,5)18(16-11-8-9-13-20-16)14-15-10-6-7-12-17(15)21/h6-14,21H,1-5H3/b18-14+. The van der Waals surface area contributed by atoms with Crippen molar-refractivity contribution in [2.24, 2.45) is 0 Å². The molecule has 0 amide bonds. The van der Waals surface area contributed by atoms with Gasteiger partial charge in [-0.3, -0.25) is 4.98 Å². The minimum absolute atomic E-state index is 0.195. The van der Waals surface area contributed by atoms with Gasteiger partial charge < -0.3 is 5.11 Å². The Morgan fingerprint density at radius 2 is 1.68 bits per heavy atom. The predicted octanol–water partition coefficient (Wildman–Crippen LogP) is 5.38. The molecule has 2 rings (SSSR count). The monoisotopic (exact) mass is 311 g/mol. The van der Waals surface area contributed by atoms with Crippen LogP contribution in [-0.2, 0) is 0 Å². The Morgan fingerprint density at radius 3 is 2.23 bits per heavy atom. The summed E-state index contributed by atoms with van der Waals surface area (Å²) in [6.45, 7) is 11.6. The number of benzene rings is 1. The maximum atomic E-state index is 10.1. The minimum atomic E-state index is -1.79. The number of aromatic hydroxyl groups is 1. The summed E-state index contributed by atoms with van der Waals surface area (Å²) in [6.07, 6.45) is 3.95. The van der Waals surface area contributed by atoms with Crippen LogP contribution in [0, 0.1) is 0 Å². The molecule has 0 saturated carbocycles. The Balaban J connectivity index is 2.65. The summed E-state index contributed by atoms with van der Waals surface area (Å²) in [7, 11) is -1.79. The van der Waals surface area contributed by atoms with Crippen molar-refractivity contribution in [2.75, 3.05) is 0 Å². The first kappa shape index (κ1) is 16.5. The molecule has 1 heterocycles. The van der Waals surface area contributed by atoms with Gasteiger partial charge in [-0.2, -0.15) is 0 Å². The van der Waals surface area contributed by atoms with E-state index in [1.165, 1.54) is 5.20 Å². The first-order valence-electron chi connectivity index (χ1n) is 7.65. The molecule has 22 heavy (non-hydrogen) atoms. The third-order valence-corrected chi connectivity index (χ3v) is 10.2. The molecule has 116 valence electrons. The lowest BCUT2D eigenvalue weighted by Gasteiger charge is -2.39. The number of rotatable bonds is 3. The van der Waals surface area contributed by atoms with Crippen LogP contribution in [0.5, 0.6) is 5.75 Å². The number of pyridine rings is 1. The third kappa shape index (κ3) is 3.30. The van der Waals surface area contributed by atoms with Gasteiger partial charge in [-0.05, 0) is 34.5 Å². The molecule has 0 saturated heterocycles. The quantitative estimate of drug-likeness (QED) is 0.772. The summed E-state index contributed by atoms with van der Waals surface area (Å²) < 4.78 is 0. The van der Waals surface area contributed by atoms with Gasteiger partial charge in [-0.15, -0.1) is 0 Å². The van der Waals surface area contributed by atoms with Crippen LogP contribution in [0.2, 0.25) is 18.1 Å². The van der Waals surface area contributed by atoms with Crippen molar-refractivity contribution in [3.05, 3.63) is 59.9 Å². The molecule has 0 spiro atoms. The lowest BCUT2D eigenvalue weighted by molar-refractivity contribution is 0.474. The molecule has 3 heteroatoms. The van der Waals surface area contributed by atoms with Crippen molar-refractivity contribution in [1.29, 1.82) is 0 Å². The van der Waals surface area contributed by atoms with Gasteiger partial charge in [0.2, 0.25) is 0 Å². The van der Waals surface area contributed by atoms with E-state index in [1.54, 1.807) is 6.07 Å². The van der Waals surface area contributed by atoms with Gasteiger partial charge in [0.15, 0.2) is 0 Å². The molecule has 0 atom stereocenters. The van der Waals surface area contributed by atoms with Crippen LogP contribution in [0.3, 0.4) is 0 Å². The second-order valence-electron chi connectivity index (χ2n) is 7.21. The molecular weight excluding hydrogens is 286 g/mol. The van der Waals surface area contributed by atoms with E-state index in [9.17, 15) is 5.11 Å². The molecule has 1 aromatic heterocycles. The maximum Gasteiger partial charge on any atom is 0.122 e. The maximum absolute atomic E-state index is 10.1. The van der Waals surface area contributed by atoms with Crippen LogP contribution in [-0.4, -0.2) is 18.2 Å². The zero-order chi connectivity index (χ0) is 16.4. The fourth-order valence-electron chi connectivity index (χ4n) is 2.27. The largest absolute Gasteiger partial charge is 0.507 e. The first-order valence-corrected chi connectivity index (χ1v) is 10.6. The zero-order valence-electron chi connectivity index (χ0n) is 14.1. The van der Waals surface area contributed by atoms with E-state index in [-0.39, 0.29) is 5.04 Å². The summed E-state index contributed by atoms with van der Waals surface area (Å²) in [6, 6.07) is 13.5. The van der Waals surface area contributed by atoms with E-state index in [4.69, 9.17) is 0 Å². The molecule has 0 unspecified atom stereocenters. The Morgan fingerprint density at radius 1 is 1.05 bits per heavy atom. The molecular formula is C19H25NOSi. The zero-order valence-corrected chi connectivity index (χ0v) is 15.1. The Bertz CT molecular complexity index is 669. The molecule has 0 bridgehead atoms. The Labute approximate surface area is 134 Å². The summed E-state index contributed by atoms with van der Waals surface area (Å²) in [5.41, 5.74) is 1.87. The van der Waals surface area contributed by atoms with E-state index in [0.29, 0.717) is 5.75 Å². The van der Waals surface area contributed by atoms with Crippen LogP contribution in [0.25, 0.3) is 11.3 Å². The smallest absolute Gasteiger partial charge is 0.122 e. The van der Waals surface area contributed by atoms with E-state index in [1.807, 2.05) is 36.5 Å². The Kier molecular flexibility index (Phi) is 4.57. The first-order chi connectivity index (χ1) is 10.2. The molecule has 1 N–H and O–H groups in total. The highest BCUT2D eigenvalue weighted by Crippen LogP contribution is 2.45. The third-order valence-electron chi connectivity index (χ3n) is 4.73. The van der Waals surface area contributed by atoms with E-state index < -0.39 is 8.07 Å². The van der Waals surface area contributed by atoms with Crippen molar-refractivity contribution in [3.63, 3.8) is 0 Å². The number of phenols is 1. The molecule has 2 nitrogen and oxygen atoms in total. The molecule has 2 aromatic rings. The van der Waals surface area contributed by atoms with Gasteiger partial charge in [-0.25, -0.2) is 0 Å². The van der Waals surface area contributed by atoms with Crippen molar-refractivity contribution < 1.29 is 5.11 Å².